The molecule has 0 aliphatic rings. The summed E-state index contributed by atoms with van der Waals surface area (Å²) in [4.78, 5) is 11.6. The van der Waals surface area contributed by atoms with E-state index < -0.39 is 16.0 Å². The summed E-state index contributed by atoms with van der Waals surface area (Å²) in [5, 5.41) is 2.84. The fraction of sp³-hybridized carbons (Fsp3) is 0.417. The molecule has 1 aromatic carbocycles. The third-order valence-corrected chi connectivity index (χ3v) is 4.84. The van der Waals surface area contributed by atoms with E-state index in [0.717, 1.165) is 0 Å². The van der Waals surface area contributed by atoms with E-state index in [1.165, 1.54) is 18.2 Å². The zero-order valence-electron chi connectivity index (χ0n) is 11.7. The fourth-order valence-corrected chi connectivity index (χ4v) is 3.56. The summed E-state index contributed by atoms with van der Waals surface area (Å²) in [6.45, 7) is 2.78. The van der Waals surface area contributed by atoms with Crippen LogP contribution in [0.2, 0.25) is 0 Å². The van der Waals surface area contributed by atoms with E-state index >= 15 is 0 Å². The summed E-state index contributed by atoms with van der Waals surface area (Å²) in [7, 11) is -1.87. The van der Waals surface area contributed by atoms with Crippen molar-refractivity contribution in [3.8, 4) is 0 Å². The number of carbonyl (C=O) groups is 1. The van der Waals surface area contributed by atoms with E-state index in [0.29, 0.717) is 16.6 Å². The van der Waals surface area contributed by atoms with Crippen LogP contribution in [0.5, 0.6) is 0 Å². The Labute approximate surface area is 139 Å². The van der Waals surface area contributed by atoms with E-state index in [1.807, 2.05) is 0 Å². The lowest BCUT2D eigenvalue weighted by Crippen LogP contribution is -2.30. The number of benzene rings is 1. The van der Waals surface area contributed by atoms with Crippen LogP contribution < -0.4 is 10.0 Å². The summed E-state index contributed by atoms with van der Waals surface area (Å²) in [5.74, 6) is -0.486. The van der Waals surface area contributed by atoms with Gasteiger partial charge in [-0.15, -0.1) is 12.4 Å². The first-order valence-corrected chi connectivity index (χ1v) is 8.31. The van der Waals surface area contributed by atoms with Crippen molar-refractivity contribution in [1.82, 2.24) is 10.0 Å². The first-order valence-electron chi connectivity index (χ1n) is 6.03. The highest BCUT2D eigenvalue weighted by Crippen LogP contribution is 2.23. The standard InChI is InChI=1S/C12H17BrN2O4S.ClH/c1-3-19-12(16)9-4-5-11(10(13)8-9)20(17,18)15-7-6-14-2;/h4-5,8,14-15H,3,6-7H2,1-2H3;1H. The average molecular weight is 402 g/mol. The van der Waals surface area contributed by atoms with E-state index in [2.05, 4.69) is 26.0 Å². The van der Waals surface area contributed by atoms with Crippen molar-refractivity contribution in [2.45, 2.75) is 11.8 Å². The van der Waals surface area contributed by atoms with E-state index in [9.17, 15) is 13.2 Å². The molecule has 0 aliphatic carbocycles. The predicted molar refractivity (Wildman–Crippen MR) is 86.5 cm³/mol. The number of esters is 1. The van der Waals surface area contributed by atoms with Crippen molar-refractivity contribution >= 4 is 44.3 Å². The Morgan fingerprint density at radius 2 is 2.00 bits per heavy atom. The molecule has 0 amide bonds. The lowest BCUT2D eigenvalue weighted by atomic mass is 10.2. The molecule has 21 heavy (non-hydrogen) atoms. The first-order chi connectivity index (χ1) is 9.42. The zero-order chi connectivity index (χ0) is 15.2. The molecule has 0 unspecified atom stereocenters. The van der Waals surface area contributed by atoms with Gasteiger partial charge in [-0.3, -0.25) is 0 Å². The Bertz CT molecular complexity index is 581. The Morgan fingerprint density at radius 3 is 2.52 bits per heavy atom. The van der Waals surface area contributed by atoms with Gasteiger partial charge in [0.25, 0.3) is 0 Å². The largest absolute Gasteiger partial charge is 0.462 e. The highest BCUT2D eigenvalue weighted by molar-refractivity contribution is 9.10. The van der Waals surface area contributed by atoms with E-state index in [4.69, 9.17) is 4.74 Å². The maximum absolute atomic E-state index is 12.0. The molecular weight excluding hydrogens is 384 g/mol. The van der Waals surface area contributed by atoms with Gasteiger partial charge in [-0.05, 0) is 48.1 Å². The molecule has 6 nitrogen and oxygen atoms in total. The van der Waals surface area contributed by atoms with Gasteiger partial charge in [0.15, 0.2) is 0 Å². The molecule has 1 rings (SSSR count). The molecule has 120 valence electrons. The molecule has 0 bridgehead atoms. The molecule has 0 heterocycles. The Morgan fingerprint density at radius 1 is 1.33 bits per heavy atom. The molecule has 0 aliphatic heterocycles. The van der Waals surface area contributed by atoms with Crippen LogP contribution >= 0.6 is 28.3 Å². The minimum Gasteiger partial charge on any atom is -0.462 e. The topological polar surface area (TPSA) is 84.5 Å². The van der Waals surface area contributed by atoms with Crippen LogP contribution in [0.4, 0.5) is 0 Å². The number of hydrogen-bond donors (Lipinski definition) is 2. The Balaban J connectivity index is 0.00000400. The lowest BCUT2D eigenvalue weighted by Gasteiger charge is -2.09. The summed E-state index contributed by atoms with van der Waals surface area (Å²) in [5.41, 5.74) is 0.299. The molecule has 0 radical (unpaired) electrons. The van der Waals surface area contributed by atoms with Gasteiger partial charge in [-0.2, -0.15) is 0 Å². The normalized spacial score (nSPS) is 10.8. The SMILES string of the molecule is CCOC(=O)c1ccc(S(=O)(=O)NCCNC)c(Br)c1.Cl. The summed E-state index contributed by atoms with van der Waals surface area (Å²) >= 11 is 3.17. The molecule has 0 fully saturated rings. The van der Waals surface area contributed by atoms with Crippen LogP contribution in [0.15, 0.2) is 27.6 Å². The second-order valence-electron chi connectivity index (χ2n) is 3.87. The average Bonchev–Trinajstić information content (AvgIpc) is 2.38. The maximum atomic E-state index is 12.0. The van der Waals surface area contributed by atoms with Gasteiger partial charge in [0.05, 0.1) is 17.1 Å². The highest BCUT2D eigenvalue weighted by atomic mass is 79.9. The fourth-order valence-electron chi connectivity index (χ4n) is 1.45. The molecular formula is C12H18BrClN2O4S. The van der Waals surface area contributed by atoms with Crippen LogP contribution in [0.3, 0.4) is 0 Å². The quantitative estimate of drug-likeness (QED) is 0.535. The third kappa shape index (κ3) is 5.91. The second kappa shape index (κ2) is 9.37. The minimum atomic E-state index is -3.61. The van der Waals surface area contributed by atoms with Crippen molar-refractivity contribution in [3.05, 3.63) is 28.2 Å². The van der Waals surface area contributed by atoms with Crippen LogP contribution in [0.1, 0.15) is 17.3 Å². The molecule has 9 heteroatoms. The van der Waals surface area contributed by atoms with Crippen molar-refractivity contribution in [2.75, 3.05) is 26.7 Å². The van der Waals surface area contributed by atoms with E-state index in [-0.39, 0.29) is 30.5 Å². The monoisotopic (exact) mass is 400 g/mol. The molecule has 0 spiro atoms. The maximum Gasteiger partial charge on any atom is 0.338 e. The number of halogens is 2. The van der Waals surface area contributed by atoms with Crippen LogP contribution in [0, 0.1) is 0 Å². The van der Waals surface area contributed by atoms with Gasteiger partial charge < -0.3 is 10.1 Å². The molecule has 1 aromatic rings. The van der Waals surface area contributed by atoms with Gasteiger partial charge in [0.1, 0.15) is 0 Å². The van der Waals surface area contributed by atoms with Crippen LogP contribution in [-0.2, 0) is 14.8 Å². The summed E-state index contributed by atoms with van der Waals surface area (Å²) < 4.78 is 31.7. The van der Waals surface area contributed by atoms with Crippen LogP contribution in [0.25, 0.3) is 0 Å². The number of likely N-dealkylation sites (N-methyl/N-ethyl adjacent to an activating group) is 1. The van der Waals surface area contributed by atoms with Crippen molar-refractivity contribution < 1.29 is 17.9 Å². The number of nitrogens with one attached hydrogen (secondary N) is 2. The summed E-state index contributed by atoms with van der Waals surface area (Å²) in [6, 6.07) is 4.23. The third-order valence-electron chi connectivity index (χ3n) is 2.40. The zero-order valence-corrected chi connectivity index (χ0v) is 14.9. The van der Waals surface area contributed by atoms with Gasteiger partial charge in [0.2, 0.25) is 10.0 Å². The molecule has 0 saturated heterocycles. The number of hydrogen-bond acceptors (Lipinski definition) is 5. The Kier molecular flexibility index (Phi) is 9.07. The number of carbonyl (C=O) groups excluding carboxylic acids is 1. The van der Waals surface area contributed by atoms with Gasteiger partial charge in [-0.25, -0.2) is 17.9 Å². The number of rotatable bonds is 7. The smallest absolute Gasteiger partial charge is 0.338 e. The van der Waals surface area contributed by atoms with Crippen LogP contribution in [-0.4, -0.2) is 41.1 Å². The molecule has 2 N–H and O–H groups in total. The summed E-state index contributed by atoms with van der Waals surface area (Å²) in [6.07, 6.45) is 0. The van der Waals surface area contributed by atoms with Gasteiger partial charge in [0, 0.05) is 17.6 Å². The van der Waals surface area contributed by atoms with Crippen molar-refractivity contribution in [3.63, 3.8) is 0 Å². The second-order valence-corrected chi connectivity index (χ2v) is 6.46. The number of ether oxygens (including phenoxy) is 1. The molecule has 0 aromatic heterocycles. The minimum absolute atomic E-state index is 0. The predicted octanol–water partition coefficient (Wildman–Crippen LogP) is 1.55. The van der Waals surface area contributed by atoms with E-state index in [1.54, 1.807) is 14.0 Å². The van der Waals surface area contributed by atoms with Gasteiger partial charge >= 0.3 is 5.97 Å². The van der Waals surface area contributed by atoms with Crippen molar-refractivity contribution in [1.29, 1.82) is 0 Å². The Hall–Kier alpha value is -0.670. The lowest BCUT2D eigenvalue weighted by molar-refractivity contribution is 0.0526. The van der Waals surface area contributed by atoms with Crippen molar-refractivity contribution in [2.24, 2.45) is 0 Å². The number of sulfonamides is 1. The highest BCUT2D eigenvalue weighted by Gasteiger charge is 2.18. The molecule has 0 saturated carbocycles. The van der Waals surface area contributed by atoms with Gasteiger partial charge in [-0.1, -0.05) is 0 Å². The molecule has 0 atom stereocenters. The first kappa shape index (κ1) is 20.3.